The number of hydrogen-bond donors (Lipinski definition) is 3. The molecule has 18 heavy (non-hydrogen) atoms. The number of aromatic amines is 1. The summed E-state index contributed by atoms with van der Waals surface area (Å²) in [4.78, 5) is 22.5. The summed E-state index contributed by atoms with van der Waals surface area (Å²) in [6, 6.07) is -1.04. The highest BCUT2D eigenvalue weighted by Gasteiger charge is 2.24. The second-order valence-corrected chi connectivity index (χ2v) is 4.85. The number of carbonyl (C=O) groups excluding carboxylic acids is 1. The average molecular weight is 255 g/mol. The Morgan fingerprint density at radius 3 is 2.67 bits per heavy atom. The molecule has 1 amide bonds. The molecule has 3 N–H and O–H groups in total. The SMILES string of the molecule is CC(C)(C)OC(=O)NC(Cc1cn[nH]c1)C(=O)O. The molecule has 0 aliphatic rings. The van der Waals surface area contributed by atoms with E-state index < -0.39 is 23.7 Å². The lowest BCUT2D eigenvalue weighted by molar-refractivity contribution is -0.139. The summed E-state index contributed by atoms with van der Waals surface area (Å²) < 4.78 is 5.00. The minimum Gasteiger partial charge on any atom is -0.480 e. The fourth-order valence-corrected chi connectivity index (χ4v) is 1.27. The molecule has 0 bridgehead atoms. The van der Waals surface area contributed by atoms with Gasteiger partial charge in [0.15, 0.2) is 0 Å². The number of amides is 1. The van der Waals surface area contributed by atoms with E-state index in [9.17, 15) is 9.59 Å². The van der Waals surface area contributed by atoms with E-state index in [1.807, 2.05) is 0 Å². The van der Waals surface area contributed by atoms with Crippen LogP contribution in [0.2, 0.25) is 0 Å². The highest BCUT2D eigenvalue weighted by molar-refractivity contribution is 5.80. The van der Waals surface area contributed by atoms with Crippen LogP contribution in [0, 0.1) is 0 Å². The average Bonchev–Trinajstić information content (AvgIpc) is 2.66. The van der Waals surface area contributed by atoms with E-state index in [1.165, 1.54) is 6.20 Å². The van der Waals surface area contributed by atoms with Crippen molar-refractivity contribution in [1.29, 1.82) is 0 Å². The predicted octanol–water partition coefficient (Wildman–Crippen LogP) is 0.930. The number of rotatable bonds is 4. The van der Waals surface area contributed by atoms with Crippen molar-refractivity contribution in [3.63, 3.8) is 0 Å². The van der Waals surface area contributed by atoms with Crippen molar-refractivity contribution >= 4 is 12.1 Å². The van der Waals surface area contributed by atoms with Crippen LogP contribution in [0.3, 0.4) is 0 Å². The lowest BCUT2D eigenvalue weighted by Gasteiger charge is -2.21. The van der Waals surface area contributed by atoms with E-state index in [0.29, 0.717) is 5.56 Å². The number of nitrogens with one attached hydrogen (secondary N) is 2. The summed E-state index contributed by atoms with van der Waals surface area (Å²) in [5.74, 6) is -1.12. The van der Waals surface area contributed by atoms with Crippen LogP contribution in [0.1, 0.15) is 26.3 Å². The molecule has 0 saturated carbocycles. The van der Waals surface area contributed by atoms with Crippen molar-refractivity contribution in [2.24, 2.45) is 0 Å². The Kier molecular flexibility index (Phi) is 4.30. The Labute approximate surface area is 105 Å². The molecule has 0 saturated heterocycles. The first-order valence-corrected chi connectivity index (χ1v) is 5.48. The Bertz CT molecular complexity index is 408. The van der Waals surface area contributed by atoms with Gasteiger partial charge in [-0.15, -0.1) is 0 Å². The molecule has 0 aliphatic carbocycles. The van der Waals surface area contributed by atoms with Crippen molar-refractivity contribution in [3.8, 4) is 0 Å². The highest BCUT2D eigenvalue weighted by atomic mass is 16.6. The second-order valence-electron chi connectivity index (χ2n) is 4.85. The number of alkyl carbamates (subject to hydrolysis) is 1. The summed E-state index contributed by atoms with van der Waals surface area (Å²) in [5.41, 5.74) is 0.0291. The van der Waals surface area contributed by atoms with Gasteiger partial charge in [0.1, 0.15) is 11.6 Å². The van der Waals surface area contributed by atoms with Gasteiger partial charge in [-0.1, -0.05) is 0 Å². The van der Waals surface area contributed by atoms with E-state index in [1.54, 1.807) is 27.0 Å². The topological polar surface area (TPSA) is 104 Å². The van der Waals surface area contributed by atoms with Crippen LogP contribution in [0.5, 0.6) is 0 Å². The predicted molar refractivity (Wildman–Crippen MR) is 63.1 cm³/mol. The number of aliphatic carboxylic acids is 1. The Morgan fingerprint density at radius 2 is 2.22 bits per heavy atom. The molecule has 1 atom stereocenters. The van der Waals surface area contributed by atoms with Crippen molar-refractivity contribution in [1.82, 2.24) is 15.5 Å². The number of carbonyl (C=O) groups is 2. The Balaban J connectivity index is 2.58. The largest absolute Gasteiger partial charge is 0.480 e. The number of carboxylic acids is 1. The molecule has 0 spiro atoms. The van der Waals surface area contributed by atoms with Gasteiger partial charge in [0.25, 0.3) is 0 Å². The minimum atomic E-state index is -1.12. The van der Waals surface area contributed by atoms with E-state index in [4.69, 9.17) is 9.84 Å². The molecule has 1 rings (SSSR count). The second kappa shape index (κ2) is 5.52. The maximum absolute atomic E-state index is 11.5. The molecule has 0 aromatic carbocycles. The first-order valence-electron chi connectivity index (χ1n) is 5.48. The van der Waals surface area contributed by atoms with Crippen molar-refractivity contribution in [2.75, 3.05) is 0 Å². The maximum Gasteiger partial charge on any atom is 0.408 e. The monoisotopic (exact) mass is 255 g/mol. The quantitative estimate of drug-likeness (QED) is 0.742. The number of carboxylic acid groups (broad SMARTS) is 1. The molecule has 7 heteroatoms. The van der Waals surface area contributed by atoms with Gasteiger partial charge in [0.2, 0.25) is 0 Å². The first kappa shape index (κ1) is 14.0. The third-order valence-corrected chi connectivity index (χ3v) is 1.98. The van der Waals surface area contributed by atoms with Gasteiger partial charge in [-0.25, -0.2) is 9.59 Å². The van der Waals surface area contributed by atoms with Crippen LogP contribution in [-0.4, -0.2) is 39.0 Å². The van der Waals surface area contributed by atoms with E-state index in [0.717, 1.165) is 0 Å². The summed E-state index contributed by atoms with van der Waals surface area (Å²) in [6.45, 7) is 5.12. The standard InChI is InChI=1S/C11H17N3O4/c1-11(2,3)18-10(17)14-8(9(15)16)4-7-5-12-13-6-7/h5-6,8H,4H2,1-3H3,(H,12,13)(H,14,17)(H,15,16). The van der Waals surface area contributed by atoms with Crippen molar-refractivity contribution < 1.29 is 19.4 Å². The lowest BCUT2D eigenvalue weighted by atomic mass is 10.1. The van der Waals surface area contributed by atoms with Crippen molar-refractivity contribution in [2.45, 2.75) is 38.8 Å². The summed E-state index contributed by atoms with van der Waals surface area (Å²) in [7, 11) is 0. The molecule has 100 valence electrons. The molecule has 1 unspecified atom stereocenters. The van der Waals surface area contributed by atoms with Gasteiger partial charge in [-0.05, 0) is 26.3 Å². The van der Waals surface area contributed by atoms with E-state index in [-0.39, 0.29) is 6.42 Å². The zero-order valence-electron chi connectivity index (χ0n) is 10.6. The minimum absolute atomic E-state index is 0.144. The van der Waals surface area contributed by atoms with Gasteiger partial charge in [-0.2, -0.15) is 5.10 Å². The maximum atomic E-state index is 11.5. The van der Waals surface area contributed by atoms with Gasteiger partial charge in [0, 0.05) is 12.6 Å². The number of H-pyrrole nitrogens is 1. The fraction of sp³-hybridized carbons (Fsp3) is 0.545. The van der Waals surface area contributed by atoms with Crippen LogP contribution in [0.15, 0.2) is 12.4 Å². The normalized spacial score (nSPS) is 12.8. The summed E-state index contributed by atoms with van der Waals surface area (Å²) in [6.07, 6.45) is 2.48. The van der Waals surface area contributed by atoms with E-state index >= 15 is 0 Å². The first-order chi connectivity index (χ1) is 8.28. The number of nitrogens with zero attached hydrogens (tertiary/aromatic N) is 1. The lowest BCUT2D eigenvalue weighted by Crippen LogP contribution is -2.44. The zero-order chi connectivity index (χ0) is 13.8. The fourth-order valence-electron chi connectivity index (χ4n) is 1.27. The Hall–Kier alpha value is -2.05. The summed E-state index contributed by atoms with van der Waals surface area (Å²) >= 11 is 0. The van der Waals surface area contributed by atoms with Crippen LogP contribution in [-0.2, 0) is 16.0 Å². The van der Waals surface area contributed by atoms with Gasteiger partial charge in [0.05, 0.1) is 6.20 Å². The molecule has 0 fully saturated rings. The molecule has 1 aromatic heterocycles. The van der Waals surface area contributed by atoms with E-state index in [2.05, 4.69) is 15.5 Å². The van der Waals surface area contributed by atoms with Gasteiger partial charge >= 0.3 is 12.1 Å². The molecule has 1 heterocycles. The summed E-state index contributed by atoms with van der Waals surface area (Å²) in [5, 5.41) is 17.6. The smallest absolute Gasteiger partial charge is 0.408 e. The third kappa shape index (κ3) is 4.86. The molecular formula is C11H17N3O4. The van der Waals surface area contributed by atoms with Crippen LogP contribution in [0.25, 0.3) is 0 Å². The molecule has 0 radical (unpaired) electrons. The molecule has 0 aliphatic heterocycles. The number of ether oxygens (including phenoxy) is 1. The third-order valence-electron chi connectivity index (χ3n) is 1.98. The molecular weight excluding hydrogens is 238 g/mol. The van der Waals surface area contributed by atoms with Crippen LogP contribution >= 0.6 is 0 Å². The zero-order valence-corrected chi connectivity index (χ0v) is 10.6. The van der Waals surface area contributed by atoms with Gasteiger partial charge < -0.3 is 15.2 Å². The molecule has 1 aromatic rings. The number of hydrogen-bond acceptors (Lipinski definition) is 4. The molecule has 7 nitrogen and oxygen atoms in total. The van der Waals surface area contributed by atoms with Crippen LogP contribution < -0.4 is 5.32 Å². The number of aromatic nitrogens is 2. The highest BCUT2D eigenvalue weighted by Crippen LogP contribution is 2.08. The van der Waals surface area contributed by atoms with Crippen molar-refractivity contribution in [3.05, 3.63) is 18.0 Å². The van der Waals surface area contributed by atoms with Crippen LogP contribution in [0.4, 0.5) is 4.79 Å². The van der Waals surface area contributed by atoms with Gasteiger partial charge in [-0.3, -0.25) is 5.10 Å². The Morgan fingerprint density at radius 1 is 1.56 bits per heavy atom.